The fourth-order valence-corrected chi connectivity index (χ4v) is 3.44. The summed E-state index contributed by atoms with van der Waals surface area (Å²) in [4.78, 5) is 4.63. The van der Waals surface area contributed by atoms with Crippen molar-refractivity contribution in [3.8, 4) is 11.1 Å². The Morgan fingerprint density at radius 1 is 0.909 bits per heavy atom. The Bertz CT molecular complexity index is 673. The summed E-state index contributed by atoms with van der Waals surface area (Å²) < 4.78 is 0. The van der Waals surface area contributed by atoms with E-state index in [9.17, 15) is 0 Å². The van der Waals surface area contributed by atoms with Gasteiger partial charge in [-0.05, 0) is 67.5 Å². The molecular formula is C20H26N2. The molecule has 0 amide bonds. The quantitative estimate of drug-likeness (QED) is 0.707. The van der Waals surface area contributed by atoms with E-state index < -0.39 is 0 Å². The Labute approximate surface area is 134 Å². The molecule has 1 aliphatic carbocycles. The minimum absolute atomic E-state index is 1.00. The molecule has 0 fully saturated rings. The lowest BCUT2D eigenvalue weighted by atomic mass is 9.97. The van der Waals surface area contributed by atoms with Crippen LogP contribution in [0, 0.1) is 0 Å². The minimum atomic E-state index is 1.00. The Balaban J connectivity index is 2.04. The lowest BCUT2D eigenvalue weighted by Crippen LogP contribution is -2.17. The van der Waals surface area contributed by atoms with Crippen LogP contribution in [0.15, 0.2) is 36.4 Å². The van der Waals surface area contributed by atoms with E-state index in [-0.39, 0.29) is 0 Å². The van der Waals surface area contributed by atoms with Crippen molar-refractivity contribution >= 4 is 0 Å². The van der Waals surface area contributed by atoms with Gasteiger partial charge in [0.25, 0.3) is 0 Å². The van der Waals surface area contributed by atoms with Crippen molar-refractivity contribution in [1.29, 1.82) is 0 Å². The molecule has 2 heteroatoms. The standard InChI is InChI=1S/C20H26N2/c1-5-22(4)14-16-9-7-11-18-19(16)12-15-8-6-10-17(20(15)18)13-21(2)3/h6-11H,5,12-14H2,1-4H3. The van der Waals surface area contributed by atoms with Crippen LogP contribution in [-0.4, -0.2) is 37.5 Å². The first-order valence-corrected chi connectivity index (χ1v) is 8.15. The highest BCUT2D eigenvalue weighted by Crippen LogP contribution is 2.41. The predicted molar refractivity (Wildman–Crippen MR) is 94.1 cm³/mol. The van der Waals surface area contributed by atoms with Gasteiger partial charge in [0.05, 0.1) is 0 Å². The maximum atomic E-state index is 2.37. The SMILES string of the molecule is CCN(C)Cc1cccc2c1Cc1cccc(CN(C)C)c1-2. The van der Waals surface area contributed by atoms with Crippen LogP contribution >= 0.6 is 0 Å². The predicted octanol–water partition coefficient (Wildman–Crippen LogP) is 3.77. The second-order valence-corrected chi connectivity index (χ2v) is 6.64. The third-order valence-corrected chi connectivity index (χ3v) is 4.61. The van der Waals surface area contributed by atoms with Gasteiger partial charge in [0, 0.05) is 13.1 Å². The minimum Gasteiger partial charge on any atom is -0.305 e. The van der Waals surface area contributed by atoms with Gasteiger partial charge >= 0.3 is 0 Å². The van der Waals surface area contributed by atoms with Gasteiger partial charge in [-0.15, -0.1) is 0 Å². The van der Waals surface area contributed by atoms with Crippen LogP contribution < -0.4 is 0 Å². The second kappa shape index (κ2) is 6.23. The molecule has 0 saturated heterocycles. The van der Waals surface area contributed by atoms with Crippen molar-refractivity contribution in [1.82, 2.24) is 9.80 Å². The Kier molecular flexibility index (Phi) is 4.32. The third-order valence-electron chi connectivity index (χ3n) is 4.61. The van der Waals surface area contributed by atoms with Gasteiger partial charge in [0.2, 0.25) is 0 Å². The average molecular weight is 294 g/mol. The Hall–Kier alpha value is -1.64. The van der Waals surface area contributed by atoms with Crippen molar-refractivity contribution < 1.29 is 0 Å². The number of hydrogen-bond donors (Lipinski definition) is 0. The Morgan fingerprint density at radius 2 is 1.64 bits per heavy atom. The van der Waals surface area contributed by atoms with Crippen LogP contribution in [-0.2, 0) is 19.5 Å². The van der Waals surface area contributed by atoms with Gasteiger partial charge in [-0.1, -0.05) is 43.3 Å². The maximum Gasteiger partial charge on any atom is 0.0233 e. The summed E-state index contributed by atoms with van der Waals surface area (Å²) in [5.41, 5.74) is 8.88. The van der Waals surface area contributed by atoms with Crippen LogP contribution in [0.2, 0.25) is 0 Å². The van der Waals surface area contributed by atoms with Crippen LogP contribution in [0.25, 0.3) is 11.1 Å². The molecule has 0 aliphatic heterocycles. The van der Waals surface area contributed by atoms with Crippen LogP contribution in [0.4, 0.5) is 0 Å². The molecule has 3 rings (SSSR count). The van der Waals surface area contributed by atoms with Crippen molar-refractivity contribution in [3.63, 3.8) is 0 Å². The molecule has 0 saturated carbocycles. The molecule has 0 radical (unpaired) electrons. The molecule has 0 unspecified atom stereocenters. The van der Waals surface area contributed by atoms with Crippen molar-refractivity contribution in [3.05, 3.63) is 58.7 Å². The fourth-order valence-electron chi connectivity index (χ4n) is 3.44. The first-order chi connectivity index (χ1) is 10.6. The van der Waals surface area contributed by atoms with Gasteiger partial charge in [-0.3, -0.25) is 0 Å². The molecular weight excluding hydrogens is 268 g/mol. The lowest BCUT2D eigenvalue weighted by Gasteiger charge is -2.17. The summed E-state index contributed by atoms with van der Waals surface area (Å²) >= 11 is 0. The van der Waals surface area contributed by atoms with Crippen LogP contribution in [0.5, 0.6) is 0 Å². The fraction of sp³-hybridized carbons (Fsp3) is 0.400. The van der Waals surface area contributed by atoms with Crippen molar-refractivity contribution in [2.24, 2.45) is 0 Å². The molecule has 116 valence electrons. The molecule has 0 N–H and O–H groups in total. The van der Waals surface area contributed by atoms with E-state index in [1.54, 1.807) is 0 Å². The van der Waals surface area contributed by atoms with Gasteiger partial charge < -0.3 is 9.80 Å². The molecule has 1 aliphatic rings. The maximum absolute atomic E-state index is 2.37. The summed E-state index contributed by atoms with van der Waals surface area (Å²) in [5, 5.41) is 0. The van der Waals surface area contributed by atoms with Gasteiger partial charge in [0.15, 0.2) is 0 Å². The monoisotopic (exact) mass is 294 g/mol. The summed E-state index contributed by atoms with van der Waals surface area (Å²) in [6.07, 6.45) is 1.08. The van der Waals surface area contributed by atoms with E-state index in [4.69, 9.17) is 0 Å². The number of benzene rings is 2. The Morgan fingerprint density at radius 3 is 2.36 bits per heavy atom. The van der Waals surface area contributed by atoms with Gasteiger partial charge in [0.1, 0.15) is 0 Å². The topological polar surface area (TPSA) is 6.48 Å². The third kappa shape index (κ3) is 2.81. The molecule has 0 atom stereocenters. The van der Waals surface area contributed by atoms with E-state index in [1.165, 1.54) is 33.4 Å². The van der Waals surface area contributed by atoms with Crippen molar-refractivity contribution in [2.75, 3.05) is 27.7 Å². The van der Waals surface area contributed by atoms with E-state index in [1.807, 2.05) is 0 Å². The van der Waals surface area contributed by atoms with Gasteiger partial charge in [-0.2, -0.15) is 0 Å². The second-order valence-electron chi connectivity index (χ2n) is 6.64. The average Bonchev–Trinajstić information content (AvgIpc) is 2.87. The molecule has 2 aromatic carbocycles. The molecule has 0 bridgehead atoms. The first-order valence-electron chi connectivity index (χ1n) is 8.15. The molecule has 2 nitrogen and oxygen atoms in total. The summed E-state index contributed by atoms with van der Waals surface area (Å²) in [7, 11) is 6.47. The zero-order chi connectivity index (χ0) is 15.7. The number of fused-ring (bicyclic) bond motifs is 3. The zero-order valence-electron chi connectivity index (χ0n) is 14.2. The molecule has 0 heterocycles. The number of rotatable bonds is 5. The van der Waals surface area contributed by atoms with E-state index in [0.29, 0.717) is 0 Å². The summed E-state index contributed by atoms with van der Waals surface area (Å²) in [6, 6.07) is 13.6. The molecule has 0 spiro atoms. The largest absolute Gasteiger partial charge is 0.305 e. The summed E-state index contributed by atoms with van der Waals surface area (Å²) in [5.74, 6) is 0. The van der Waals surface area contributed by atoms with E-state index in [2.05, 4.69) is 74.3 Å². The van der Waals surface area contributed by atoms with Gasteiger partial charge in [-0.25, -0.2) is 0 Å². The number of nitrogens with zero attached hydrogens (tertiary/aromatic N) is 2. The normalized spacial score (nSPS) is 12.8. The summed E-state index contributed by atoms with van der Waals surface area (Å²) in [6.45, 7) is 5.34. The molecule has 22 heavy (non-hydrogen) atoms. The zero-order valence-corrected chi connectivity index (χ0v) is 14.2. The lowest BCUT2D eigenvalue weighted by molar-refractivity contribution is 0.345. The smallest absolute Gasteiger partial charge is 0.0233 e. The van der Waals surface area contributed by atoms with Crippen LogP contribution in [0.3, 0.4) is 0 Å². The molecule has 2 aromatic rings. The van der Waals surface area contributed by atoms with Crippen LogP contribution in [0.1, 0.15) is 29.2 Å². The first kappa shape index (κ1) is 15.3. The number of hydrogen-bond acceptors (Lipinski definition) is 2. The molecule has 0 aromatic heterocycles. The highest BCUT2D eigenvalue weighted by atomic mass is 15.1. The highest BCUT2D eigenvalue weighted by molar-refractivity contribution is 5.80. The van der Waals surface area contributed by atoms with E-state index >= 15 is 0 Å². The van der Waals surface area contributed by atoms with Crippen molar-refractivity contribution in [2.45, 2.75) is 26.4 Å². The van der Waals surface area contributed by atoms with E-state index in [0.717, 1.165) is 26.1 Å². The highest BCUT2D eigenvalue weighted by Gasteiger charge is 2.23.